The Labute approximate surface area is 111 Å². The predicted molar refractivity (Wildman–Crippen MR) is 73.5 cm³/mol. The van der Waals surface area contributed by atoms with Crippen LogP contribution in [0.2, 0.25) is 0 Å². The number of ether oxygens (including phenoxy) is 1. The SMILES string of the molecule is COc1ccc2[nH]cc(C(=O)C(C)S(C)(=O)=O)c2c1. The number of sulfone groups is 1. The lowest BCUT2D eigenvalue weighted by Gasteiger charge is -2.07. The minimum Gasteiger partial charge on any atom is -0.497 e. The molecule has 0 saturated heterocycles. The van der Waals surface area contributed by atoms with Gasteiger partial charge in [0.25, 0.3) is 0 Å². The molecule has 0 aliphatic heterocycles. The minimum atomic E-state index is -3.41. The van der Waals surface area contributed by atoms with E-state index in [0.717, 1.165) is 11.8 Å². The molecule has 1 N–H and O–H groups in total. The molecule has 0 amide bonds. The maximum absolute atomic E-state index is 12.2. The Morgan fingerprint density at radius 3 is 2.63 bits per heavy atom. The number of carbonyl (C=O) groups is 1. The Morgan fingerprint density at radius 2 is 2.05 bits per heavy atom. The van der Waals surface area contributed by atoms with Gasteiger partial charge in [-0.3, -0.25) is 4.79 Å². The fourth-order valence-electron chi connectivity index (χ4n) is 1.84. The molecule has 2 rings (SSSR count). The third-order valence-electron chi connectivity index (χ3n) is 3.17. The maximum Gasteiger partial charge on any atom is 0.182 e. The monoisotopic (exact) mass is 281 g/mol. The van der Waals surface area contributed by atoms with Crippen molar-refractivity contribution in [3.63, 3.8) is 0 Å². The summed E-state index contributed by atoms with van der Waals surface area (Å²) >= 11 is 0. The lowest BCUT2D eigenvalue weighted by Crippen LogP contribution is -2.26. The van der Waals surface area contributed by atoms with Crippen molar-refractivity contribution in [1.82, 2.24) is 4.98 Å². The molecule has 6 heteroatoms. The number of aromatic amines is 1. The number of hydrogen-bond acceptors (Lipinski definition) is 4. The average molecular weight is 281 g/mol. The van der Waals surface area contributed by atoms with Gasteiger partial charge in [-0.2, -0.15) is 0 Å². The lowest BCUT2D eigenvalue weighted by molar-refractivity contribution is 0.0993. The molecule has 1 unspecified atom stereocenters. The van der Waals surface area contributed by atoms with Gasteiger partial charge in [0.05, 0.1) is 7.11 Å². The number of hydrogen-bond donors (Lipinski definition) is 1. The van der Waals surface area contributed by atoms with Crippen LogP contribution in [-0.2, 0) is 9.84 Å². The zero-order chi connectivity index (χ0) is 14.2. The zero-order valence-corrected chi connectivity index (χ0v) is 11.7. The highest BCUT2D eigenvalue weighted by Crippen LogP contribution is 2.25. The highest BCUT2D eigenvalue weighted by molar-refractivity contribution is 7.92. The number of fused-ring (bicyclic) bond motifs is 1. The van der Waals surface area contributed by atoms with Crippen LogP contribution in [0.1, 0.15) is 17.3 Å². The number of methoxy groups -OCH3 is 1. The first-order valence-corrected chi connectivity index (χ1v) is 7.68. The van der Waals surface area contributed by atoms with Gasteiger partial charge >= 0.3 is 0 Å². The van der Waals surface area contributed by atoms with Gasteiger partial charge in [0.1, 0.15) is 11.0 Å². The maximum atomic E-state index is 12.2. The Kier molecular flexibility index (Phi) is 3.36. The van der Waals surface area contributed by atoms with Crippen LogP contribution in [0.4, 0.5) is 0 Å². The van der Waals surface area contributed by atoms with E-state index in [-0.39, 0.29) is 0 Å². The third-order valence-corrected chi connectivity index (χ3v) is 4.66. The minimum absolute atomic E-state index is 0.367. The van der Waals surface area contributed by atoms with E-state index in [1.54, 1.807) is 18.2 Å². The summed E-state index contributed by atoms with van der Waals surface area (Å²) in [6.07, 6.45) is 2.60. The van der Waals surface area contributed by atoms with E-state index in [2.05, 4.69) is 4.98 Å². The number of Topliss-reactive ketones (excluding diaryl/α,β-unsaturated/α-hetero) is 1. The summed E-state index contributed by atoms with van der Waals surface area (Å²) in [5, 5.41) is -0.391. The number of aromatic nitrogens is 1. The second-order valence-electron chi connectivity index (χ2n) is 4.45. The van der Waals surface area contributed by atoms with Gasteiger partial charge in [0, 0.05) is 28.9 Å². The number of carbonyl (C=O) groups excluding carboxylic acids is 1. The number of benzene rings is 1. The first-order chi connectivity index (χ1) is 8.84. The van der Waals surface area contributed by atoms with Crippen molar-refractivity contribution in [1.29, 1.82) is 0 Å². The molecule has 0 saturated carbocycles. The van der Waals surface area contributed by atoms with E-state index in [1.807, 2.05) is 0 Å². The summed E-state index contributed by atoms with van der Waals surface area (Å²) in [5.74, 6) is 0.204. The molecule has 1 aromatic carbocycles. The van der Waals surface area contributed by atoms with Gasteiger partial charge < -0.3 is 9.72 Å². The third kappa shape index (κ3) is 2.49. The van der Waals surface area contributed by atoms with Gasteiger partial charge in [0.15, 0.2) is 15.6 Å². The van der Waals surface area contributed by atoms with Crippen molar-refractivity contribution in [3.8, 4) is 5.75 Å². The van der Waals surface area contributed by atoms with Crippen LogP contribution in [0.25, 0.3) is 10.9 Å². The normalized spacial score (nSPS) is 13.4. The van der Waals surface area contributed by atoms with E-state index >= 15 is 0 Å². The predicted octanol–water partition coefficient (Wildman–Crippen LogP) is 1.79. The summed E-state index contributed by atoms with van der Waals surface area (Å²) in [6, 6.07) is 5.28. The molecule has 2 aromatic rings. The number of rotatable bonds is 4. The lowest BCUT2D eigenvalue weighted by atomic mass is 10.1. The Bertz CT molecular complexity index is 730. The van der Waals surface area contributed by atoms with Crippen LogP contribution in [0, 0.1) is 0 Å². The number of ketones is 1. The fourth-order valence-corrected chi connectivity index (χ4v) is 2.36. The van der Waals surface area contributed by atoms with E-state index in [4.69, 9.17) is 4.74 Å². The smallest absolute Gasteiger partial charge is 0.182 e. The topological polar surface area (TPSA) is 76.2 Å². The standard InChI is InChI=1S/C13H15NO4S/c1-8(19(3,16)17)13(15)11-7-14-12-5-4-9(18-2)6-10(11)12/h4-8,14H,1-3H3. The Morgan fingerprint density at radius 1 is 1.37 bits per heavy atom. The van der Waals surface area contributed by atoms with Gasteiger partial charge in [-0.1, -0.05) is 0 Å². The van der Waals surface area contributed by atoms with Gasteiger partial charge in [-0.05, 0) is 25.1 Å². The molecule has 1 heterocycles. The molecule has 0 radical (unpaired) electrons. The first-order valence-electron chi connectivity index (χ1n) is 5.73. The van der Waals surface area contributed by atoms with Crippen molar-refractivity contribution < 1.29 is 17.9 Å². The fraction of sp³-hybridized carbons (Fsp3) is 0.308. The number of H-pyrrole nitrogens is 1. The summed E-state index contributed by atoms with van der Waals surface area (Å²) in [4.78, 5) is 15.2. The Balaban J connectivity index is 2.54. The van der Waals surface area contributed by atoms with E-state index in [1.165, 1.54) is 20.2 Å². The van der Waals surface area contributed by atoms with Crippen LogP contribution >= 0.6 is 0 Å². The largest absolute Gasteiger partial charge is 0.497 e. The van der Waals surface area contributed by atoms with Crippen LogP contribution in [0.3, 0.4) is 0 Å². The second-order valence-corrected chi connectivity index (χ2v) is 6.82. The van der Waals surface area contributed by atoms with Crippen molar-refractivity contribution in [2.75, 3.05) is 13.4 Å². The zero-order valence-electron chi connectivity index (χ0n) is 10.9. The highest BCUT2D eigenvalue weighted by atomic mass is 32.2. The Hall–Kier alpha value is -1.82. The van der Waals surface area contributed by atoms with Crippen LogP contribution in [-0.4, -0.2) is 37.8 Å². The van der Waals surface area contributed by atoms with E-state index < -0.39 is 20.9 Å². The molecule has 5 nitrogen and oxygen atoms in total. The first kappa shape index (κ1) is 13.6. The molecule has 0 aliphatic rings. The molecule has 19 heavy (non-hydrogen) atoms. The molecular weight excluding hydrogens is 266 g/mol. The van der Waals surface area contributed by atoms with Gasteiger partial charge in [-0.25, -0.2) is 8.42 Å². The average Bonchev–Trinajstić information content (AvgIpc) is 2.78. The van der Waals surface area contributed by atoms with Crippen molar-refractivity contribution in [2.24, 2.45) is 0 Å². The number of nitrogens with one attached hydrogen (secondary N) is 1. The van der Waals surface area contributed by atoms with E-state index in [0.29, 0.717) is 16.7 Å². The molecule has 0 spiro atoms. The molecule has 1 aromatic heterocycles. The van der Waals surface area contributed by atoms with Crippen LogP contribution < -0.4 is 4.74 Å². The van der Waals surface area contributed by atoms with Crippen LogP contribution in [0.15, 0.2) is 24.4 Å². The highest BCUT2D eigenvalue weighted by Gasteiger charge is 2.26. The summed E-state index contributed by atoms with van der Waals surface area (Å²) in [5.41, 5.74) is 1.14. The van der Waals surface area contributed by atoms with E-state index in [9.17, 15) is 13.2 Å². The summed E-state index contributed by atoms with van der Waals surface area (Å²) in [6.45, 7) is 1.40. The quantitative estimate of drug-likeness (QED) is 0.867. The second kappa shape index (κ2) is 4.70. The molecule has 0 bridgehead atoms. The van der Waals surface area contributed by atoms with Gasteiger partial charge in [-0.15, -0.1) is 0 Å². The van der Waals surface area contributed by atoms with Crippen molar-refractivity contribution >= 4 is 26.5 Å². The molecular formula is C13H15NO4S. The summed E-state index contributed by atoms with van der Waals surface area (Å²) in [7, 11) is -1.87. The molecule has 1 atom stereocenters. The van der Waals surface area contributed by atoms with Crippen molar-refractivity contribution in [3.05, 3.63) is 30.0 Å². The summed E-state index contributed by atoms with van der Waals surface area (Å²) < 4.78 is 28.1. The molecule has 0 fully saturated rings. The van der Waals surface area contributed by atoms with Gasteiger partial charge in [0.2, 0.25) is 0 Å². The molecule has 102 valence electrons. The van der Waals surface area contributed by atoms with Crippen molar-refractivity contribution in [2.45, 2.75) is 12.2 Å². The molecule has 0 aliphatic carbocycles. The van der Waals surface area contributed by atoms with Crippen LogP contribution in [0.5, 0.6) is 5.75 Å².